The lowest BCUT2D eigenvalue weighted by Crippen LogP contribution is -2.01. The number of anilines is 1. The first kappa shape index (κ1) is 14.7. The number of hydrogen-bond acceptors (Lipinski definition) is 6. The lowest BCUT2D eigenvalue weighted by Gasteiger charge is -2.10. The van der Waals surface area contributed by atoms with Crippen molar-refractivity contribution in [2.24, 2.45) is 0 Å². The molecule has 0 saturated heterocycles. The molecule has 0 radical (unpaired) electrons. The Hall–Kier alpha value is -2.70. The molecule has 21 heavy (non-hydrogen) atoms. The molecule has 7 heteroatoms. The van der Waals surface area contributed by atoms with Crippen molar-refractivity contribution in [1.29, 1.82) is 0 Å². The zero-order chi connectivity index (χ0) is 15.6. The topological polar surface area (TPSA) is 90.2 Å². The third-order valence-electron chi connectivity index (χ3n) is 2.96. The summed E-state index contributed by atoms with van der Waals surface area (Å²) in [5.74, 6) is 1.19. The molecule has 0 aliphatic carbocycles. The number of nitrogens with one attached hydrogen (secondary N) is 1. The number of nitro benzene ring substituents is 1. The summed E-state index contributed by atoms with van der Waals surface area (Å²) in [5.41, 5.74) is 2.17. The molecule has 0 aliphatic heterocycles. The molecular weight excluding hydrogens is 272 g/mol. The van der Waals surface area contributed by atoms with Gasteiger partial charge < -0.3 is 10.1 Å². The Bertz CT molecular complexity index is 701. The van der Waals surface area contributed by atoms with E-state index in [1.54, 1.807) is 26.1 Å². The highest BCUT2D eigenvalue weighted by Gasteiger charge is 2.15. The normalized spacial score (nSPS) is 10.3. The van der Waals surface area contributed by atoms with Gasteiger partial charge in [-0.1, -0.05) is 0 Å². The molecule has 110 valence electrons. The first-order valence-corrected chi connectivity index (χ1v) is 6.37. The predicted molar refractivity (Wildman–Crippen MR) is 79.0 cm³/mol. The Balaban J connectivity index is 2.41. The van der Waals surface area contributed by atoms with Gasteiger partial charge in [-0.25, -0.2) is 4.98 Å². The second-order valence-corrected chi connectivity index (χ2v) is 4.68. The summed E-state index contributed by atoms with van der Waals surface area (Å²) in [4.78, 5) is 18.9. The number of ether oxygens (including phenoxy) is 1. The molecule has 7 nitrogen and oxygen atoms in total. The quantitative estimate of drug-likeness (QED) is 0.686. The minimum atomic E-state index is -0.425. The summed E-state index contributed by atoms with van der Waals surface area (Å²) in [7, 11) is 1.71. The molecule has 0 unspecified atom stereocenters. The van der Waals surface area contributed by atoms with E-state index in [1.165, 1.54) is 6.07 Å². The van der Waals surface area contributed by atoms with Crippen molar-refractivity contribution in [2.75, 3.05) is 12.4 Å². The highest BCUT2D eigenvalue weighted by atomic mass is 16.6. The van der Waals surface area contributed by atoms with Crippen LogP contribution in [0.4, 0.5) is 11.6 Å². The van der Waals surface area contributed by atoms with Gasteiger partial charge in [0, 0.05) is 24.4 Å². The molecule has 1 N–H and O–H groups in total. The van der Waals surface area contributed by atoms with Crippen LogP contribution in [-0.2, 0) is 0 Å². The third kappa shape index (κ3) is 3.25. The van der Waals surface area contributed by atoms with Crippen molar-refractivity contribution >= 4 is 11.6 Å². The molecular formula is C14H16N4O3. The Kier molecular flexibility index (Phi) is 4.02. The van der Waals surface area contributed by atoms with E-state index in [1.807, 2.05) is 13.8 Å². The smallest absolute Gasteiger partial charge is 0.276 e. The van der Waals surface area contributed by atoms with Crippen molar-refractivity contribution in [2.45, 2.75) is 20.8 Å². The molecule has 1 aromatic heterocycles. The van der Waals surface area contributed by atoms with E-state index in [4.69, 9.17) is 4.74 Å². The summed E-state index contributed by atoms with van der Waals surface area (Å²) in [6.07, 6.45) is 0. The number of nitrogens with zero attached hydrogens (tertiary/aromatic N) is 3. The fraction of sp³-hybridized carbons (Fsp3) is 0.286. The van der Waals surface area contributed by atoms with E-state index in [-0.39, 0.29) is 5.69 Å². The largest absolute Gasteiger partial charge is 0.438 e. The Morgan fingerprint density at radius 2 is 1.86 bits per heavy atom. The minimum absolute atomic E-state index is 0.0234. The number of aryl methyl sites for hydroxylation is 3. The zero-order valence-corrected chi connectivity index (χ0v) is 12.3. The maximum Gasteiger partial charge on any atom is 0.276 e. The average Bonchev–Trinajstić information content (AvgIpc) is 2.40. The van der Waals surface area contributed by atoms with Gasteiger partial charge in [-0.3, -0.25) is 10.1 Å². The highest BCUT2D eigenvalue weighted by Crippen LogP contribution is 2.31. The molecule has 0 saturated carbocycles. The molecule has 0 atom stereocenters. The average molecular weight is 288 g/mol. The SMILES string of the molecule is CNc1nc(C)cc(Oc2cc([N+](=O)[O-])c(C)cc2C)n1. The van der Waals surface area contributed by atoms with E-state index in [2.05, 4.69) is 15.3 Å². The van der Waals surface area contributed by atoms with Gasteiger partial charge in [-0.05, 0) is 32.4 Å². The van der Waals surface area contributed by atoms with Gasteiger partial charge in [0.15, 0.2) is 0 Å². The van der Waals surface area contributed by atoms with E-state index >= 15 is 0 Å². The van der Waals surface area contributed by atoms with Crippen molar-refractivity contribution in [3.63, 3.8) is 0 Å². The van der Waals surface area contributed by atoms with Crippen LogP contribution in [-0.4, -0.2) is 21.9 Å². The molecule has 0 spiro atoms. The van der Waals surface area contributed by atoms with Gasteiger partial charge in [-0.2, -0.15) is 4.98 Å². The zero-order valence-electron chi connectivity index (χ0n) is 12.3. The Morgan fingerprint density at radius 1 is 1.14 bits per heavy atom. The lowest BCUT2D eigenvalue weighted by molar-refractivity contribution is -0.385. The van der Waals surface area contributed by atoms with Crippen LogP contribution in [0.25, 0.3) is 0 Å². The molecule has 0 aliphatic rings. The number of hydrogen-bond donors (Lipinski definition) is 1. The second kappa shape index (κ2) is 5.74. The maximum atomic E-state index is 11.0. The van der Waals surface area contributed by atoms with Gasteiger partial charge >= 0.3 is 0 Å². The van der Waals surface area contributed by atoms with Crippen LogP contribution in [0.1, 0.15) is 16.8 Å². The summed E-state index contributed by atoms with van der Waals surface area (Å²) in [5, 5.41) is 13.8. The monoisotopic (exact) mass is 288 g/mol. The van der Waals surface area contributed by atoms with Crippen LogP contribution in [0.15, 0.2) is 18.2 Å². The first-order valence-electron chi connectivity index (χ1n) is 6.37. The van der Waals surface area contributed by atoms with Gasteiger partial charge in [-0.15, -0.1) is 0 Å². The van der Waals surface area contributed by atoms with Gasteiger partial charge in [0.05, 0.1) is 11.0 Å². The summed E-state index contributed by atoms with van der Waals surface area (Å²) >= 11 is 0. The molecule has 1 heterocycles. The number of aromatic nitrogens is 2. The second-order valence-electron chi connectivity index (χ2n) is 4.68. The molecule has 0 amide bonds. The Labute approximate surface area is 122 Å². The highest BCUT2D eigenvalue weighted by molar-refractivity contribution is 5.50. The standard InChI is InChI=1S/C14H16N4O3/c1-8-5-9(2)12(7-11(8)18(19)20)21-13-6-10(3)16-14(15-4)17-13/h5-7H,1-4H3,(H,15,16,17). The van der Waals surface area contributed by atoms with E-state index in [0.717, 1.165) is 11.3 Å². The number of rotatable bonds is 4. The van der Waals surface area contributed by atoms with E-state index in [9.17, 15) is 10.1 Å². The van der Waals surface area contributed by atoms with E-state index in [0.29, 0.717) is 23.1 Å². The Morgan fingerprint density at radius 3 is 2.48 bits per heavy atom. The van der Waals surface area contributed by atoms with Gasteiger partial charge in [0.25, 0.3) is 5.69 Å². The molecule has 2 aromatic rings. The lowest BCUT2D eigenvalue weighted by atomic mass is 10.1. The van der Waals surface area contributed by atoms with Crippen LogP contribution >= 0.6 is 0 Å². The molecule has 1 aromatic carbocycles. The first-order chi connectivity index (χ1) is 9.90. The van der Waals surface area contributed by atoms with Crippen LogP contribution in [0.3, 0.4) is 0 Å². The minimum Gasteiger partial charge on any atom is -0.438 e. The number of nitro groups is 1. The van der Waals surface area contributed by atoms with Crippen LogP contribution in [0.5, 0.6) is 11.6 Å². The van der Waals surface area contributed by atoms with Gasteiger partial charge in [0.2, 0.25) is 11.8 Å². The summed E-state index contributed by atoms with van der Waals surface area (Å²) in [6.45, 7) is 5.35. The number of benzene rings is 1. The van der Waals surface area contributed by atoms with Crippen molar-refractivity contribution in [1.82, 2.24) is 9.97 Å². The van der Waals surface area contributed by atoms with Crippen molar-refractivity contribution < 1.29 is 9.66 Å². The van der Waals surface area contributed by atoms with Crippen molar-refractivity contribution in [3.8, 4) is 11.6 Å². The van der Waals surface area contributed by atoms with Crippen LogP contribution in [0.2, 0.25) is 0 Å². The molecule has 2 rings (SSSR count). The van der Waals surface area contributed by atoms with E-state index < -0.39 is 4.92 Å². The maximum absolute atomic E-state index is 11.0. The predicted octanol–water partition coefficient (Wildman–Crippen LogP) is 3.14. The fourth-order valence-corrected chi connectivity index (χ4v) is 1.94. The summed E-state index contributed by atoms with van der Waals surface area (Å²) < 4.78 is 5.68. The third-order valence-corrected chi connectivity index (χ3v) is 2.96. The molecule has 0 bridgehead atoms. The van der Waals surface area contributed by atoms with Crippen LogP contribution in [0, 0.1) is 30.9 Å². The van der Waals surface area contributed by atoms with Crippen molar-refractivity contribution in [3.05, 3.63) is 45.1 Å². The van der Waals surface area contributed by atoms with Gasteiger partial charge in [0.1, 0.15) is 5.75 Å². The van der Waals surface area contributed by atoms with Crippen LogP contribution < -0.4 is 10.1 Å². The fourth-order valence-electron chi connectivity index (χ4n) is 1.94. The summed E-state index contributed by atoms with van der Waals surface area (Å²) in [6, 6.07) is 4.81. The molecule has 0 fully saturated rings.